The first-order valence-electron chi connectivity index (χ1n) is 11.5. The topological polar surface area (TPSA) is 40.5 Å². The van der Waals surface area contributed by atoms with Crippen LogP contribution in [0.15, 0.2) is 12.1 Å². The van der Waals surface area contributed by atoms with Crippen molar-refractivity contribution in [2.24, 2.45) is 11.8 Å². The van der Waals surface area contributed by atoms with Gasteiger partial charge in [-0.2, -0.15) is 0 Å². The molecule has 1 aromatic rings. The third-order valence-corrected chi connectivity index (χ3v) is 6.96. The van der Waals surface area contributed by atoms with Crippen molar-refractivity contribution in [1.29, 1.82) is 0 Å². The van der Waals surface area contributed by atoms with Gasteiger partial charge in [-0.1, -0.05) is 93.9 Å². The van der Waals surface area contributed by atoms with E-state index >= 15 is 0 Å². The molecule has 0 fully saturated rings. The summed E-state index contributed by atoms with van der Waals surface area (Å²) in [5.74, 6) is 2.15. The molecule has 0 amide bonds. The van der Waals surface area contributed by atoms with Crippen LogP contribution in [-0.2, 0) is 10.8 Å². The minimum absolute atomic E-state index is 0.145. The lowest BCUT2D eigenvalue weighted by Crippen LogP contribution is -2.21. The molecule has 28 heavy (non-hydrogen) atoms. The zero-order valence-corrected chi connectivity index (χ0v) is 19.9. The normalized spacial score (nSPS) is 14.9. The van der Waals surface area contributed by atoms with Crippen LogP contribution in [0.5, 0.6) is 11.5 Å². The van der Waals surface area contributed by atoms with E-state index in [-0.39, 0.29) is 10.8 Å². The van der Waals surface area contributed by atoms with E-state index in [1.54, 1.807) is 0 Å². The summed E-state index contributed by atoms with van der Waals surface area (Å²) in [6.45, 7) is 17.8. The summed E-state index contributed by atoms with van der Waals surface area (Å²) >= 11 is 0. The average Bonchev–Trinajstić information content (AvgIpc) is 2.62. The van der Waals surface area contributed by atoms with Crippen LogP contribution in [0.2, 0.25) is 0 Å². The van der Waals surface area contributed by atoms with Gasteiger partial charge in [0.1, 0.15) is 11.5 Å². The number of hydrogen-bond acceptors (Lipinski definition) is 2. The quantitative estimate of drug-likeness (QED) is 0.354. The van der Waals surface area contributed by atoms with E-state index in [4.69, 9.17) is 0 Å². The fourth-order valence-corrected chi connectivity index (χ4v) is 4.12. The first-order chi connectivity index (χ1) is 12.9. The Kier molecular flexibility index (Phi) is 9.37. The van der Waals surface area contributed by atoms with E-state index in [1.807, 2.05) is 12.1 Å². The Morgan fingerprint density at radius 3 is 1.32 bits per heavy atom. The zero-order chi connectivity index (χ0) is 21.5. The zero-order valence-electron chi connectivity index (χ0n) is 19.9. The molecule has 0 spiro atoms. The molecule has 0 bridgehead atoms. The Labute approximate surface area is 174 Å². The van der Waals surface area contributed by atoms with Crippen molar-refractivity contribution in [3.63, 3.8) is 0 Å². The molecule has 162 valence electrons. The lowest BCUT2D eigenvalue weighted by atomic mass is 9.75. The Morgan fingerprint density at radius 2 is 1.04 bits per heavy atom. The molecule has 0 aromatic heterocycles. The minimum Gasteiger partial charge on any atom is -0.508 e. The van der Waals surface area contributed by atoms with Gasteiger partial charge in [0.15, 0.2) is 0 Å². The van der Waals surface area contributed by atoms with Gasteiger partial charge < -0.3 is 10.2 Å². The molecule has 1 aromatic carbocycles. The third-order valence-electron chi connectivity index (χ3n) is 6.96. The monoisotopic (exact) mass is 390 g/mol. The largest absolute Gasteiger partial charge is 0.508 e. The summed E-state index contributed by atoms with van der Waals surface area (Å²) in [5.41, 5.74) is 1.45. The van der Waals surface area contributed by atoms with Gasteiger partial charge in [0, 0.05) is 11.1 Å². The molecule has 0 heterocycles. The van der Waals surface area contributed by atoms with Gasteiger partial charge in [-0.05, 0) is 47.6 Å². The summed E-state index contributed by atoms with van der Waals surface area (Å²) in [6, 6.07) is 3.65. The van der Waals surface area contributed by atoms with Gasteiger partial charge in [-0.15, -0.1) is 0 Å². The smallest absolute Gasteiger partial charge is 0.119 e. The Morgan fingerprint density at radius 1 is 0.714 bits per heavy atom. The van der Waals surface area contributed by atoms with Crippen molar-refractivity contribution in [1.82, 2.24) is 0 Å². The van der Waals surface area contributed by atoms with Crippen LogP contribution < -0.4 is 0 Å². The van der Waals surface area contributed by atoms with Crippen molar-refractivity contribution >= 4 is 0 Å². The molecule has 2 heteroatoms. The van der Waals surface area contributed by atoms with E-state index in [9.17, 15) is 10.2 Å². The van der Waals surface area contributed by atoms with Gasteiger partial charge >= 0.3 is 0 Å². The van der Waals surface area contributed by atoms with Gasteiger partial charge in [-0.3, -0.25) is 0 Å². The number of aromatic hydroxyl groups is 2. The summed E-state index contributed by atoms with van der Waals surface area (Å²) in [4.78, 5) is 0. The highest BCUT2D eigenvalue weighted by Crippen LogP contribution is 2.43. The maximum atomic E-state index is 10.8. The highest BCUT2D eigenvalue weighted by molar-refractivity contribution is 5.50. The Balaban J connectivity index is 2.93. The van der Waals surface area contributed by atoms with Crippen LogP contribution in [0.25, 0.3) is 0 Å². The van der Waals surface area contributed by atoms with Crippen LogP contribution >= 0.6 is 0 Å². The fraction of sp³-hybridized carbons (Fsp3) is 0.769. The number of phenols is 2. The number of hydrogen-bond donors (Lipinski definition) is 2. The SMILES string of the molecule is CCC(C)CCCC(C)(C)c1cc(O)c(C(C)(C)CCCC(C)CC)cc1O. The molecule has 2 nitrogen and oxygen atoms in total. The number of phenolic OH excluding ortho intramolecular Hbond substituents is 2. The molecule has 2 atom stereocenters. The molecule has 0 radical (unpaired) electrons. The first-order valence-corrected chi connectivity index (χ1v) is 11.5. The molecule has 1 rings (SSSR count). The van der Waals surface area contributed by atoms with Crippen LogP contribution in [-0.4, -0.2) is 10.2 Å². The maximum absolute atomic E-state index is 10.8. The predicted octanol–water partition coefficient (Wildman–Crippen LogP) is 8.09. The molecule has 0 aliphatic heterocycles. The van der Waals surface area contributed by atoms with Crippen molar-refractivity contribution in [3.05, 3.63) is 23.3 Å². The van der Waals surface area contributed by atoms with Gasteiger partial charge in [-0.25, -0.2) is 0 Å². The second-order valence-electron chi connectivity index (χ2n) is 10.5. The summed E-state index contributed by atoms with van der Waals surface area (Å²) in [5, 5.41) is 21.6. The van der Waals surface area contributed by atoms with E-state index in [0.717, 1.165) is 48.6 Å². The predicted molar refractivity (Wildman–Crippen MR) is 122 cm³/mol. The van der Waals surface area contributed by atoms with Crippen LogP contribution in [0.4, 0.5) is 0 Å². The molecular weight excluding hydrogens is 344 g/mol. The summed E-state index contributed by atoms with van der Waals surface area (Å²) in [7, 11) is 0. The van der Waals surface area contributed by atoms with Gasteiger partial charge in [0.05, 0.1) is 0 Å². The molecule has 0 saturated heterocycles. The lowest BCUT2D eigenvalue weighted by Gasteiger charge is -2.31. The standard InChI is InChI=1S/C26H46O2/c1-9-19(3)13-11-15-25(5,6)21-17-24(28)22(18-23(21)27)26(7,8)16-12-14-20(4)10-2/h17-20,27-28H,9-16H2,1-8H3. The van der Waals surface area contributed by atoms with Crippen LogP contribution in [0, 0.1) is 11.8 Å². The highest BCUT2D eigenvalue weighted by atomic mass is 16.3. The molecule has 2 unspecified atom stereocenters. The van der Waals surface area contributed by atoms with E-state index in [0.29, 0.717) is 11.5 Å². The Bertz CT molecular complexity index is 547. The van der Waals surface area contributed by atoms with Crippen molar-refractivity contribution < 1.29 is 10.2 Å². The molecule has 0 aliphatic carbocycles. The molecular formula is C26H46O2. The van der Waals surface area contributed by atoms with Crippen molar-refractivity contribution in [2.75, 3.05) is 0 Å². The highest BCUT2D eigenvalue weighted by Gasteiger charge is 2.29. The first kappa shape index (κ1) is 24.9. The number of benzene rings is 1. The van der Waals surface area contributed by atoms with Crippen molar-refractivity contribution in [3.8, 4) is 11.5 Å². The average molecular weight is 391 g/mol. The van der Waals surface area contributed by atoms with Gasteiger partial charge in [0.2, 0.25) is 0 Å². The lowest BCUT2D eigenvalue weighted by molar-refractivity contribution is 0.368. The van der Waals surface area contributed by atoms with Gasteiger partial charge in [0.25, 0.3) is 0 Å². The summed E-state index contributed by atoms with van der Waals surface area (Å²) in [6.07, 6.45) is 9.18. The van der Waals surface area contributed by atoms with E-state index in [1.165, 1.54) is 25.7 Å². The van der Waals surface area contributed by atoms with Crippen LogP contribution in [0.1, 0.15) is 118 Å². The molecule has 0 aliphatic rings. The van der Waals surface area contributed by atoms with E-state index < -0.39 is 0 Å². The number of rotatable bonds is 12. The molecule has 0 saturated carbocycles. The van der Waals surface area contributed by atoms with Crippen LogP contribution in [0.3, 0.4) is 0 Å². The second kappa shape index (κ2) is 10.6. The summed E-state index contributed by atoms with van der Waals surface area (Å²) < 4.78 is 0. The van der Waals surface area contributed by atoms with Crippen molar-refractivity contribution in [2.45, 2.75) is 118 Å². The fourth-order valence-electron chi connectivity index (χ4n) is 4.12. The third kappa shape index (κ3) is 7.01. The Hall–Kier alpha value is -1.18. The van der Waals surface area contributed by atoms with E-state index in [2.05, 4.69) is 55.4 Å². The second-order valence-corrected chi connectivity index (χ2v) is 10.5. The molecule has 2 N–H and O–H groups in total. The maximum Gasteiger partial charge on any atom is 0.119 e. The minimum atomic E-state index is -0.145.